The summed E-state index contributed by atoms with van der Waals surface area (Å²) in [4.78, 5) is 0. The molecule has 0 bridgehead atoms. The van der Waals surface area contributed by atoms with E-state index in [9.17, 15) is 0 Å². The molecule has 0 saturated heterocycles. The van der Waals surface area contributed by atoms with Gasteiger partial charge in [-0.2, -0.15) is 5.10 Å². The molecule has 0 aliphatic carbocycles. The van der Waals surface area contributed by atoms with Crippen molar-refractivity contribution in [1.29, 1.82) is 0 Å². The number of aromatic nitrogens is 2. The molecule has 4 heteroatoms. The van der Waals surface area contributed by atoms with E-state index in [1.54, 1.807) is 0 Å². The van der Waals surface area contributed by atoms with Crippen LogP contribution in [0.25, 0.3) is 0 Å². The topological polar surface area (TPSA) is 39.1 Å². The van der Waals surface area contributed by atoms with E-state index in [1.165, 1.54) is 11.1 Å². The summed E-state index contributed by atoms with van der Waals surface area (Å²) in [6.45, 7) is 7.71. The lowest BCUT2D eigenvalue weighted by molar-refractivity contribution is 0.300. The van der Waals surface area contributed by atoms with Crippen molar-refractivity contribution in [1.82, 2.24) is 15.1 Å². The number of hydrogen-bond acceptors (Lipinski definition) is 3. The number of aryl methyl sites for hydroxylation is 2. The SMILES string of the molecule is CCn1cc(COc2cc(C)ccc2C(C)NC)cn1. The number of hydrogen-bond donors (Lipinski definition) is 1. The minimum absolute atomic E-state index is 0.268. The average molecular weight is 273 g/mol. The number of benzene rings is 1. The maximum absolute atomic E-state index is 5.99. The summed E-state index contributed by atoms with van der Waals surface area (Å²) in [5.41, 5.74) is 3.48. The molecule has 0 saturated carbocycles. The molecule has 108 valence electrons. The van der Waals surface area contributed by atoms with E-state index in [-0.39, 0.29) is 6.04 Å². The smallest absolute Gasteiger partial charge is 0.124 e. The molecule has 1 N–H and O–H groups in total. The van der Waals surface area contributed by atoms with E-state index in [0.717, 1.165) is 17.9 Å². The summed E-state index contributed by atoms with van der Waals surface area (Å²) >= 11 is 0. The van der Waals surface area contributed by atoms with Gasteiger partial charge >= 0.3 is 0 Å². The first-order valence-electron chi connectivity index (χ1n) is 7.06. The fraction of sp³-hybridized carbons (Fsp3) is 0.438. The Morgan fingerprint density at radius 3 is 2.85 bits per heavy atom. The van der Waals surface area contributed by atoms with Gasteiger partial charge in [-0.1, -0.05) is 12.1 Å². The highest BCUT2D eigenvalue weighted by Crippen LogP contribution is 2.27. The first kappa shape index (κ1) is 14.6. The quantitative estimate of drug-likeness (QED) is 0.879. The molecule has 20 heavy (non-hydrogen) atoms. The zero-order valence-corrected chi connectivity index (χ0v) is 12.7. The van der Waals surface area contributed by atoms with Crippen LogP contribution in [0.3, 0.4) is 0 Å². The molecule has 0 amide bonds. The van der Waals surface area contributed by atoms with Gasteiger partial charge < -0.3 is 10.1 Å². The Morgan fingerprint density at radius 2 is 2.20 bits per heavy atom. The van der Waals surface area contributed by atoms with Gasteiger partial charge in [-0.25, -0.2) is 0 Å². The molecular weight excluding hydrogens is 250 g/mol. The third-order valence-electron chi connectivity index (χ3n) is 3.47. The average Bonchev–Trinajstić information content (AvgIpc) is 2.92. The standard InChI is InChI=1S/C16H23N3O/c1-5-19-10-14(9-18-19)11-20-16-8-12(2)6-7-15(16)13(3)17-4/h6-10,13,17H,5,11H2,1-4H3. The van der Waals surface area contributed by atoms with Gasteiger partial charge in [0.25, 0.3) is 0 Å². The van der Waals surface area contributed by atoms with Gasteiger partial charge in [-0.05, 0) is 39.4 Å². The summed E-state index contributed by atoms with van der Waals surface area (Å²) in [5.74, 6) is 0.941. The van der Waals surface area contributed by atoms with E-state index in [1.807, 2.05) is 24.1 Å². The maximum Gasteiger partial charge on any atom is 0.124 e. The van der Waals surface area contributed by atoms with Crippen LogP contribution in [0.4, 0.5) is 0 Å². The maximum atomic E-state index is 5.99. The highest BCUT2D eigenvalue weighted by Gasteiger charge is 2.10. The number of rotatable bonds is 6. The van der Waals surface area contributed by atoms with Gasteiger partial charge in [-0.15, -0.1) is 0 Å². The van der Waals surface area contributed by atoms with Crippen molar-refractivity contribution in [2.75, 3.05) is 7.05 Å². The zero-order valence-electron chi connectivity index (χ0n) is 12.7. The van der Waals surface area contributed by atoms with Crippen LogP contribution in [0.1, 0.15) is 36.6 Å². The number of ether oxygens (including phenoxy) is 1. The monoisotopic (exact) mass is 273 g/mol. The van der Waals surface area contributed by atoms with Crippen LogP contribution >= 0.6 is 0 Å². The first-order chi connectivity index (χ1) is 9.63. The van der Waals surface area contributed by atoms with Gasteiger partial charge in [0.15, 0.2) is 0 Å². The predicted octanol–water partition coefficient (Wildman–Crippen LogP) is 3.07. The molecule has 0 spiro atoms. The van der Waals surface area contributed by atoms with Crippen LogP contribution in [0, 0.1) is 6.92 Å². The molecule has 2 aromatic rings. The Bertz CT molecular complexity index is 563. The second-order valence-corrected chi connectivity index (χ2v) is 5.04. The minimum atomic E-state index is 0.268. The van der Waals surface area contributed by atoms with Crippen molar-refractivity contribution in [2.24, 2.45) is 0 Å². The second-order valence-electron chi connectivity index (χ2n) is 5.04. The fourth-order valence-corrected chi connectivity index (χ4v) is 2.09. The molecule has 0 aliphatic heterocycles. The minimum Gasteiger partial charge on any atom is -0.488 e. The molecule has 0 radical (unpaired) electrons. The van der Waals surface area contributed by atoms with Crippen LogP contribution in [0.15, 0.2) is 30.6 Å². The van der Waals surface area contributed by atoms with E-state index < -0.39 is 0 Å². The first-order valence-corrected chi connectivity index (χ1v) is 7.06. The van der Waals surface area contributed by atoms with Gasteiger partial charge in [-0.3, -0.25) is 4.68 Å². The van der Waals surface area contributed by atoms with Crippen molar-refractivity contribution in [3.8, 4) is 5.75 Å². The van der Waals surface area contributed by atoms with Gasteiger partial charge in [0.05, 0.1) is 6.20 Å². The van der Waals surface area contributed by atoms with Crippen molar-refractivity contribution in [3.63, 3.8) is 0 Å². The van der Waals surface area contributed by atoms with Crippen LogP contribution in [-0.4, -0.2) is 16.8 Å². The third kappa shape index (κ3) is 3.39. The summed E-state index contributed by atoms with van der Waals surface area (Å²) in [6, 6.07) is 6.60. The largest absolute Gasteiger partial charge is 0.488 e. The summed E-state index contributed by atoms with van der Waals surface area (Å²) < 4.78 is 7.90. The molecule has 0 fully saturated rings. The van der Waals surface area contributed by atoms with E-state index in [4.69, 9.17) is 4.74 Å². The van der Waals surface area contributed by atoms with Gasteiger partial charge in [0, 0.05) is 29.9 Å². The Kier molecular flexibility index (Phi) is 4.79. The van der Waals surface area contributed by atoms with Gasteiger partial charge in [0.1, 0.15) is 12.4 Å². The van der Waals surface area contributed by atoms with Gasteiger partial charge in [0.2, 0.25) is 0 Å². The molecular formula is C16H23N3O. The summed E-state index contributed by atoms with van der Waals surface area (Å²) in [6.07, 6.45) is 3.89. The summed E-state index contributed by atoms with van der Waals surface area (Å²) in [5, 5.41) is 7.52. The Morgan fingerprint density at radius 1 is 1.40 bits per heavy atom. The molecule has 1 heterocycles. The highest BCUT2D eigenvalue weighted by atomic mass is 16.5. The lowest BCUT2D eigenvalue weighted by atomic mass is 10.1. The number of nitrogens with one attached hydrogen (secondary N) is 1. The predicted molar refractivity (Wildman–Crippen MR) is 80.9 cm³/mol. The molecule has 2 rings (SSSR count). The van der Waals surface area contributed by atoms with E-state index in [2.05, 4.69) is 49.4 Å². The summed E-state index contributed by atoms with van der Waals surface area (Å²) in [7, 11) is 1.96. The molecule has 4 nitrogen and oxygen atoms in total. The van der Waals surface area contributed by atoms with Crippen molar-refractivity contribution < 1.29 is 4.74 Å². The highest BCUT2D eigenvalue weighted by molar-refractivity contribution is 5.39. The van der Waals surface area contributed by atoms with E-state index >= 15 is 0 Å². The van der Waals surface area contributed by atoms with E-state index in [0.29, 0.717) is 6.61 Å². The number of nitrogens with zero attached hydrogens (tertiary/aromatic N) is 2. The zero-order chi connectivity index (χ0) is 14.5. The normalized spacial score (nSPS) is 12.4. The molecule has 1 unspecified atom stereocenters. The van der Waals surface area contributed by atoms with Crippen LogP contribution < -0.4 is 10.1 Å². The lowest BCUT2D eigenvalue weighted by Crippen LogP contribution is -2.13. The Balaban J connectivity index is 2.13. The molecule has 0 aliphatic rings. The van der Waals surface area contributed by atoms with Crippen LogP contribution in [-0.2, 0) is 13.2 Å². The molecule has 1 atom stereocenters. The van der Waals surface area contributed by atoms with Crippen molar-refractivity contribution in [3.05, 3.63) is 47.3 Å². The molecule has 1 aromatic carbocycles. The van der Waals surface area contributed by atoms with Crippen LogP contribution in [0.2, 0.25) is 0 Å². The lowest BCUT2D eigenvalue weighted by Gasteiger charge is -2.17. The Hall–Kier alpha value is -1.81. The Labute approximate surface area is 120 Å². The van der Waals surface area contributed by atoms with Crippen molar-refractivity contribution >= 4 is 0 Å². The third-order valence-corrected chi connectivity index (χ3v) is 3.47. The molecule has 1 aromatic heterocycles. The fourth-order valence-electron chi connectivity index (χ4n) is 2.09. The van der Waals surface area contributed by atoms with Crippen LogP contribution in [0.5, 0.6) is 5.75 Å². The second kappa shape index (κ2) is 6.57. The van der Waals surface area contributed by atoms with Crippen molar-refractivity contribution in [2.45, 2.75) is 40.0 Å².